The zero-order valence-corrected chi connectivity index (χ0v) is 26.2. The van der Waals surface area contributed by atoms with Gasteiger partial charge in [0, 0.05) is 11.3 Å². The predicted octanol–water partition coefficient (Wildman–Crippen LogP) is 7.41. The zero-order valence-electron chi connectivity index (χ0n) is 24.5. The van der Waals surface area contributed by atoms with Crippen LogP contribution in [0.25, 0.3) is 22.3 Å². The number of aromatic hydroxyl groups is 1. The van der Waals surface area contributed by atoms with Crippen molar-refractivity contribution in [3.63, 3.8) is 0 Å². The number of nitrogens with zero attached hydrogens (tertiary/aromatic N) is 1. The summed E-state index contributed by atoms with van der Waals surface area (Å²) in [4.78, 5) is 20.8. The number of rotatable bonds is 9. The Hall–Kier alpha value is -4.37. The maximum absolute atomic E-state index is 13.5. The number of halogens is 1. The molecule has 0 saturated carbocycles. The zero-order chi connectivity index (χ0) is 32.4. The Morgan fingerprint density at radius 2 is 1.39 bits per heavy atom. The van der Waals surface area contributed by atoms with Gasteiger partial charge in [0.05, 0.1) is 11.4 Å². The van der Waals surface area contributed by atoms with Gasteiger partial charge in [0.25, 0.3) is 5.17 Å². The molecule has 0 aliphatic carbocycles. The first-order chi connectivity index (χ1) is 22.1. The van der Waals surface area contributed by atoms with Crippen LogP contribution in [0.2, 0.25) is 0 Å². The molecule has 10 heteroatoms. The van der Waals surface area contributed by atoms with Crippen LogP contribution in [0, 0.1) is 5.82 Å². The summed E-state index contributed by atoms with van der Waals surface area (Å²) in [6.45, 7) is 0. The lowest BCUT2D eigenvalue weighted by Crippen LogP contribution is -2.29. The molecule has 0 aromatic heterocycles. The summed E-state index contributed by atoms with van der Waals surface area (Å²) in [5.41, 5.74) is 5.34. The van der Waals surface area contributed by atoms with Crippen molar-refractivity contribution in [2.75, 3.05) is 4.90 Å². The molecule has 0 unspecified atom stereocenters. The Bertz CT molecular complexity index is 1880. The first kappa shape index (κ1) is 31.6. The number of phenols is 1. The molecule has 0 bridgehead atoms. The highest BCUT2D eigenvalue weighted by atomic mass is 32.1. The monoisotopic (exact) mass is 655 g/mol. The first-order valence-corrected chi connectivity index (χ1v) is 16.7. The molecule has 0 radical (unpaired) electrons. The van der Waals surface area contributed by atoms with Gasteiger partial charge < -0.3 is 24.7 Å². The van der Waals surface area contributed by atoms with Gasteiger partial charge in [-0.25, -0.2) is 4.39 Å². The lowest BCUT2D eigenvalue weighted by Gasteiger charge is -2.27. The number of ether oxygens (including phenoxy) is 1. The van der Waals surface area contributed by atoms with Crippen LogP contribution in [0.4, 0.5) is 10.1 Å². The fraction of sp³-hybridized carbons (Fsp3) is 0.139. The van der Waals surface area contributed by atoms with Crippen LogP contribution in [-0.2, 0) is 9.30 Å². The Balaban J connectivity index is 1.32. The van der Waals surface area contributed by atoms with Crippen LogP contribution < -0.4 is 10.2 Å². The molecule has 1 aliphatic heterocycles. The molecule has 7 nitrogen and oxygen atoms in total. The van der Waals surface area contributed by atoms with E-state index in [9.17, 15) is 29.0 Å². The van der Waals surface area contributed by atoms with E-state index < -0.39 is 25.8 Å². The average Bonchev–Trinajstić information content (AvgIpc) is 3.39. The molecule has 6 rings (SSSR count). The van der Waals surface area contributed by atoms with E-state index >= 15 is 0 Å². The van der Waals surface area contributed by atoms with Gasteiger partial charge in [-0.1, -0.05) is 78.9 Å². The minimum Gasteiger partial charge on any atom is -0.508 e. The van der Waals surface area contributed by atoms with Crippen molar-refractivity contribution >= 4 is 36.0 Å². The molecule has 5 aromatic rings. The Labute approximate surface area is 271 Å². The maximum Gasteiger partial charge on any atom is 0.356 e. The number of phenolic OH excluding ortho intramolecular Hbond substituents is 1. The van der Waals surface area contributed by atoms with Gasteiger partial charge in [-0.15, -0.1) is 0 Å². The Kier molecular flexibility index (Phi) is 9.04. The summed E-state index contributed by atoms with van der Waals surface area (Å²) in [6.07, 6.45) is -0.700. The second-order valence-electron chi connectivity index (χ2n) is 11.2. The molecular weight excluding hydrogens is 624 g/mol. The highest BCUT2D eigenvalue weighted by Gasteiger charge is 2.42. The molecule has 4 N–H and O–H groups in total. The van der Waals surface area contributed by atoms with Crippen LogP contribution in [-0.4, -0.2) is 31.3 Å². The SMILES string of the molecule is O=P(O)(O)c1ccc(-c2ccc([C@@H]3[C@@H](CC[C@H](O)c4ccc(F)cc4)OC(=S)N3c3ccc(-c4ccccc4)cc3)c(O)c2)cc1. The average molecular weight is 656 g/mol. The topological polar surface area (TPSA) is 110 Å². The molecule has 3 atom stereocenters. The lowest BCUT2D eigenvalue weighted by molar-refractivity contribution is 0.126. The van der Waals surface area contributed by atoms with E-state index in [-0.39, 0.29) is 22.0 Å². The minimum atomic E-state index is -4.38. The fourth-order valence-corrected chi connectivity index (χ4v) is 6.67. The molecule has 1 saturated heterocycles. The molecule has 5 aromatic carbocycles. The van der Waals surface area contributed by atoms with E-state index in [1.165, 1.54) is 24.3 Å². The number of aliphatic hydroxyl groups is 1. The van der Waals surface area contributed by atoms with Crippen LogP contribution in [0.5, 0.6) is 5.75 Å². The molecule has 46 heavy (non-hydrogen) atoms. The van der Waals surface area contributed by atoms with Crippen molar-refractivity contribution in [3.05, 3.63) is 138 Å². The number of anilines is 1. The maximum atomic E-state index is 13.5. The summed E-state index contributed by atoms with van der Waals surface area (Å²) in [5, 5.41) is 22.4. The third-order valence-corrected chi connectivity index (χ3v) is 9.46. The van der Waals surface area contributed by atoms with Crippen LogP contribution in [0.1, 0.15) is 36.1 Å². The van der Waals surface area contributed by atoms with E-state index in [2.05, 4.69) is 0 Å². The van der Waals surface area contributed by atoms with Crippen molar-refractivity contribution in [1.82, 2.24) is 0 Å². The molecule has 0 spiro atoms. The standard InChI is InChI=1S/C36H31FNO6PS/c37-28-13-6-26(7-14-28)32(39)20-21-34-35(31-19-12-27(22-33(31)40)25-10-17-30(18-11-25)45(41,42)43)38(36(46)44-34)29-15-8-24(9-16-29)23-4-2-1-3-5-23/h1-19,22,32,34-35,39-40H,20-21H2,(H2,41,42,43)/t32-,34+,35+/m0/s1. The molecule has 1 aliphatic rings. The smallest absolute Gasteiger partial charge is 0.356 e. The molecule has 1 fully saturated rings. The molecule has 0 amide bonds. The van der Waals surface area contributed by atoms with Crippen molar-refractivity contribution in [1.29, 1.82) is 0 Å². The van der Waals surface area contributed by atoms with E-state index in [1.54, 1.807) is 36.4 Å². The number of hydrogen-bond donors (Lipinski definition) is 4. The number of aliphatic hydroxyl groups excluding tert-OH is 1. The van der Waals surface area contributed by atoms with Crippen molar-refractivity contribution in [3.8, 4) is 28.0 Å². The van der Waals surface area contributed by atoms with E-state index in [0.29, 0.717) is 35.1 Å². The molecular formula is C36H31FNO6PS. The quantitative estimate of drug-likeness (QED) is 0.0960. The third-order valence-electron chi connectivity index (χ3n) is 8.20. The summed E-state index contributed by atoms with van der Waals surface area (Å²) in [5.74, 6) is -0.393. The summed E-state index contributed by atoms with van der Waals surface area (Å²) >= 11 is 5.73. The van der Waals surface area contributed by atoms with Gasteiger partial charge in [0.2, 0.25) is 0 Å². The lowest BCUT2D eigenvalue weighted by atomic mass is 9.92. The highest BCUT2D eigenvalue weighted by molar-refractivity contribution is 7.80. The summed E-state index contributed by atoms with van der Waals surface area (Å²) in [6, 6.07) is 34.2. The Morgan fingerprint density at radius 1 is 0.804 bits per heavy atom. The van der Waals surface area contributed by atoms with E-state index in [0.717, 1.165) is 16.8 Å². The molecule has 1 heterocycles. The third kappa shape index (κ3) is 6.75. The van der Waals surface area contributed by atoms with Gasteiger partial charge in [-0.05, 0) is 95.3 Å². The Morgan fingerprint density at radius 3 is 2.02 bits per heavy atom. The largest absolute Gasteiger partial charge is 0.508 e. The van der Waals surface area contributed by atoms with E-state index in [4.69, 9.17) is 17.0 Å². The van der Waals surface area contributed by atoms with Crippen molar-refractivity contribution in [2.24, 2.45) is 0 Å². The fourth-order valence-electron chi connectivity index (χ4n) is 5.79. The second-order valence-corrected chi connectivity index (χ2v) is 13.1. The van der Waals surface area contributed by atoms with Crippen molar-refractivity contribution < 1.29 is 33.7 Å². The van der Waals surface area contributed by atoms with Crippen molar-refractivity contribution in [2.45, 2.75) is 31.1 Å². The van der Waals surface area contributed by atoms with Crippen LogP contribution in [0.15, 0.2) is 121 Å². The highest BCUT2D eigenvalue weighted by Crippen LogP contribution is 2.44. The van der Waals surface area contributed by atoms with Gasteiger partial charge in [-0.2, -0.15) is 0 Å². The normalized spacial score (nSPS) is 17.1. The van der Waals surface area contributed by atoms with Gasteiger partial charge >= 0.3 is 7.60 Å². The van der Waals surface area contributed by atoms with Crippen LogP contribution in [0.3, 0.4) is 0 Å². The molecule has 234 valence electrons. The van der Waals surface area contributed by atoms with Crippen LogP contribution >= 0.6 is 19.8 Å². The predicted molar refractivity (Wildman–Crippen MR) is 180 cm³/mol. The number of benzene rings is 5. The number of thiocarbonyl (C=S) groups is 1. The van der Waals surface area contributed by atoms with E-state index in [1.807, 2.05) is 65.6 Å². The van der Waals surface area contributed by atoms with Gasteiger partial charge in [0.1, 0.15) is 23.7 Å². The summed E-state index contributed by atoms with van der Waals surface area (Å²) < 4.78 is 31.3. The second kappa shape index (κ2) is 13.2. The van der Waals surface area contributed by atoms with Gasteiger partial charge in [0.15, 0.2) is 0 Å². The minimum absolute atomic E-state index is 0.00940. The van der Waals surface area contributed by atoms with Gasteiger partial charge in [-0.3, -0.25) is 9.46 Å². The number of hydrogen-bond acceptors (Lipinski definition) is 5. The summed E-state index contributed by atoms with van der Waals surface area (Å²) in [7, 11) is -4.38. The first-order valence-electron chi connectivity index (χ1n) is 14.7.